The van der Waals surface area contributed by atoms with E-state index in [0.717, 1.165) is 0 Å². The van der Waals surface area contributed by atoms with Gasteiger partial charge >= 0.3 is 0 Å². The lowest BCUT2D eigenvalue weighted by Crippen LogP contribution is -2.07. The van der Waals surface area contributed by atoms with Crippen molar-refractivity contribution < 1.29 is 4.79 Å². The summed E-state index contributed by atoms with van der Waals surface area (Å²) in [7, 11) is 0. The summed E-state index contributed by atoms with van der Waals surface area (Å²) in [4.78, 5) is 14.9. The topological polar surface area (TPSA) is 68.0 Å². The fourth-order valence-electron chi connectivity index (χ4n) is 0.815. The third-order valence-corrected chi connectivity index (χ3v) is 1.37. The summed E-state index contributed by atoms with van der Waals surface area (Å²) >= 11 is 0. The third-order valence-electron chi connectivity index (χ3n) is 1.37. The Labute approximate surface area is 76.5 Å². The van der Waals surface area contributed by atoms with Crippen LogP contribution in [0.25, 0.3) is 0 Å². The summed E-state index contributed by atoms with van der Waals surface area (Å²) in [6, 6.07) is 3.33. The predicted molar refractivity (Wildman–Crippen MR) is 52.1 cm³/mol. The van der Waals surface area contributed by atoms with Gasteiger partial charge in [-0.15, -0.1) is 0 Å². The molecule has 0 unspecified atom stereocenters. The molecule has 1 amide bonds. The van der Waals surface area contributed by atoms with Crippen molar-refractivity contribution in [2.45, 2.75) is 6.92 Å². The number of nitrogens with two attached hydrogens (primary N) is 1. The van der Waals surface area contributed by atoms with Crippen molar-refractivity contribution >= 4 is 17.4 Å². The summed E-state index contributed by atoms with van der Waals surface area (Å²) in [6.45, 7) is 1.78. The number of hydrogen-bond acceptors (Lipinski definition) is 3. The molecule has 0 bridgehead atoms. The molecule has 0 fully saturated rings. The Morgan fingerprint density at radius 1 is 1.62 bits per heavy atom. The number of nitrogens with one attached hydrogen (secondary N) is 1. The molecule has 0 saturated carbocycles. The van der Waals surface area contributed by atoms with Gasteiger partial charge in [0.25, 0.3) is 0 Å². The van der Waals surface area contributed by atoms with Crippen LogP contribution in [0.1, 0.15) is 6.92 Å². The fourth-order valence-corrected chi connectivity index (χ4v) is 0.815. The molecule has 4 nitrogen and oxygen atoms in total. The van der Waals surface area contributed by atoms with E-state index in [1.807, 2.05) is 0 Å². The first-order valence-electron chi connectivity index (χ1n) is 3.87. The smallest absolute Gasteiger partial charge is 0.248 e. The summed E-state index contributed by atoms with van der Waals surface area (Å²) < 4.78 is 0. The second-order valence-corrected chi connectivity index (χ2v) is 2.46. The Morgan fingerprint density at radius 3 is 2.92 bits per heavy atom. The number of amides is 1. The van der Waals surface area contributed by atoms with Gasteiger partial charge in [0.2, 0.25) is 5.91 Å². The highest BCUT2D eigenvalue weighted by atomic mass is 16.1. The monoisotopic (exact) mass is 177 g/mol. The minimum Gasteiger partial charge on any atom is -0.384 e. The van der Waals surface area contributed by atoms with E-state index in [0.29, 0.717) is 11.5 Å². The molecule has 1 heterocycles. The van der Waals surface area contributed by atoms with Gasteiger partial charge in [-0.1, -0.05) is 6.08 Å². The zero-order valence-electron chi connectivity index (χ0n) is 7.32. The zero-order valence-corrected chi connectivity index (χ0v) is 7.32. The van der Waals surface area contributed by atoms with E-state index < -0.39 is 0 Å². The number of rotatable bonds is 2. The Bertz CT molecular complexity index is 316. The Hall–Kier alpha value is -1.84. The summed E-state index contributed by atoms with van der Waals surface area (Å²) in [5, 5.41) is 2.63. The number of allylic oxidation sites excluding steroid dienone is 1. The van der Waals surface area contributed by atoms with E-state index >= 15 is 0 Å². The molecule has 0 spiro atoms. The van der Waals surface area contributed by atoms with Gasteiger partial charge in [-0.05, 0) is 25.1 Å². The Balaban J connectivity index is 2.64. The van der Waals surface area contributed by atoms with Crippen molar-refractivity contribution in [3.05, 3.63) is 30.5 Å². The van der Waals surface area contributed by atoms with Crippen LogP contribution in [0.2, 0.25) is 0 Å². The van der Waals surface area contributed by atoms with Crippen molar-refractivity contribution in [1.82, 2.24) is 4.98 Å². The highest BCUT2D eigenvalue weighted by molar-refractivity contribution is 5.99. The van der Waals surface area contributed by atoms with E-state index in [1.165, 1.54) is 12.3 Å². The molecule has 68 valence electrons. The molecule has 0 radical (unpaired) electrons. The van der Waals surface area contributed by atoms with Gasteiger partial charge in [0, 0.05) is 0 Å². The summed E-state index contributed by atoms with van der Waals surface area (Å²) in [5.74, 6) is 0.262. The normalized spacial score (nSPS) is 10.2. The second kappa shape index (κ2) is 4.25. The van der Waals surface area contributed by atoms with E-state index in [9.17, 15) is 4.79 Å². The van der Waals surface area contributed by atoms with Gasteiger partial charge < -0.3 is 11.1 Å². The van der Waals surface area contributed by atoms with Crippen LogP contribution in [-0.2, 0) is 4.79 Å². The SMILES string of the molecule is CC=CC(=O)Nc1ccc(N)nc1. The molecule has 13 heavy (non-hydrogen) atoms. The number of pyridine rings is 1. The molecule has 1 rings (SSSR count). The molecular formula is C9H11N3O. The lowest BCUT2D eigenvalue weighted by atomic mass is 10.4. The minimum atomic E-state index is -0.172. The van der Waals surface area contributed by atoms with Crippen LogP contribution in [0.15, 0.2) is 30.5 Å². The maximum absolute atomic E-state index is 11.0. The van der Waals surface area contributed by atoms with Crippen molar-refractivity contribution in [1.29, 1.82) is 0 Å². The van der Waals surface area contributed by atoms with E-state index in [2.05, 4.69) is 10.3 Å². The molecule has 1 aromatic rings. The average molecular weight is 177 g/mol. The number of hydrogen-bond donors (Lipinski definition) is 2. The van der Waals surface area contributed by atoms with Crippen LogP contribution in [0, 0.1) is 0 Å². The molecular weight excluding hydrogens is 166 g/mol. The zero-order chi connectivity index (χ0) is 9.68. The maximum atomic E-state index is 11.0. The molecule has 3 N–H and O–H groups in total. The first-order chi connectivity index (χ1) is 6.22. The van der Waals surface area contributed by atoms with Crippen molar-refractivity contribution in [3.8, 4) is 0 Å². The van der Waals surface area contributed by atoms with Gasteiger partial charge in [0.05, 0.1) is 11.9 Å². The molecule has 0 aliphatic rings. The third kappa shape index (κ3) is 2.94. The average Bonchev–Trinajstić information content (AvgIpc) is 2.09. The first kappa shape index (κ1) is 9.25. The van der Waals surface area contributed by atoms with E-state index in [1.54, 1.807) is 25.1 Å². The second-order valence-electron chi connectivity index (χ2n) is 2.46. The van der Waals surface area contributed by atoms with Gasteiger partial charge in [0.15, 0.2) is 0 Å². The van der Waals surface area contributed by atoms with Gasteiger partial charge in [-0.2, -0.15) is 0 Å². The number of carbonyl (C=O) groups excluding carboxylic acids is 1. The predicted octanol–water partition coefficient (Wildman–Crippen LogP) is 1.18. The minimum absolute atomic E-state index is 0.172. The molecule has 0 aromatic carbocycles. The number of carbonyl (C=O) groups is 1. The van der Waals surface area contributed by atoms with Crippen molar-refractivity contribution in [3.63, 3.8) is 0 Å². The molecule has 0 aliphatic carbocycles. The van der Waals surface area contributed by atoms with E-state index in [-0.39, 0.29) is 5.91 Å². The molecule has 0 atom stereocenters. The Morgan fingerprint density at radius 2 is 2.38 bits per heavy atom. The number of nitrogens with zero attached hydrogens (tertiary/aromatic N) is 1. The van der Waals surface area contributed by atoms with Crippen molar-refractivity contribution in [2.75, 3.05) is 11.1 Å². The van der Waals surface area contributed by atoms with Crippen LogP contribution >= 0.6 is 0 Å². The molecule has 4 heteroatoms. The Kier molecular flexibility index (Phi) is 3.03. The summed E-state index contributed by atoms with van der Waals surface area (Å²) in [5.41, 5.74) is 6.01. The van der Waals surface area contributed by atoms with Crippen LogP contribution in [0.5, 0.6) is 0 Å². The fraction of sp³-hybridized carbons (Fsp3) is 0.111. The molecule has 0 aliphatic heterocycles. The molecule has 1 aromatic heterocycles. The lowest BCUT2D eigenvalue weighted by molar-refractivity contribution is -0.111. The van der Waals surface area contributed by atoms with Gasteiger partial charge in [-0.3, -0.25) is 4.79 Å². The summed E-state index contributed by atoms with van der Waals surface area (Å²) in [6.07, 6.45) is 4.62. The van der Waals surface area contributed by atoms with Crippen LogP contribution < -0.4 is 11.1 Å². The number of anilines is 2. The number of aromatic nitrogens is 1. The van der Waals surface area contributed by atoms with Gasteiger partial charge in [0.1, 0.15) is 5.82 Å². The molecule has 0 saturated heterocycles. The standard InChI is InChI=1S/C9H11N3O/c1-2-3-9(13)12-7-4-5-8(10)11-6-7/h2-6H,1H3,(H2,10,11)(H,12,13). The lowest BCUT2D eigenvalue weighted by Gasteiger charge is -2.00. The number of nitrogen functional groups attached to an aromatic ring is 1. The first-order valence-corrected chi connectivity index (χ1v) is 3.87. The highest BCUT2D eigenvalue weighted by Gasteiger charge is 1.96. The quantitative estimate of drug-likeness (QED) is 0.666. The van der Waals surface area contributed by atoms with Gasteiger partial charge in [-0.25, -0.2) is 4.98 Å². The van der Waals surface area contributed by atoms with Crippen LogP contribution in [-0.4, -0.2) is 10.9 Å². The largest absolute Gasteiger partial charge is 0.384 e. The maximum Gasteiger partial charge on any atom is 0.248 e. The van der Waals surface area contributed by atoms with Crippen molar-refractivity contribution in [2.24, 2.45) is 0 Å². The van der Waals surface area contributed by atoms with Crippen LogP contribution in [0.3, 0.4) is 0 Å². The van der Waals surface area contributed by atoms with Crippen LogP contribution in [0.4, 0.5) is 11.5 Å². The highest BCUT2D eigenvalue weighted by Crippen LogP contribution is 2.06. The van der Waals surface area contributed by atoms with E-state index in [4.69, 9.17) is 5.73 Å².